The van der Waals surface area contributed by atoms with E-state index in [9.17, 15) is 4.39 Å². The average Bonchev–Trinajstić information content (AvgIpc) is 2.82. The lowest BCUT2D eigenvalue weighted by atomic mass is 10.0. The number of rotatable bonds is 2. The Morgan fingerprint density at radius 1 is 1.11 bits per heavy atom. The summed E-state index contributed by atoms with van der Waals surface area (Å²) in [7, 11) is 0. The van der Waals surface area contributed by atoms with Crippen molar-refractivity contribution < 1.29 is 4.39 Å². The lowest BCUT2D eigenvalue weighted by Crippen LogP contribution is -1.96. The zero-order valence-electron chi connectivity index (χ0n) is 9.74. The molecule has 0 radical (unpaired) electrons. The summed E-state index contributed by atoms with van der Waals surface area (Å²) in [5, 5.41) is 2.63. The number of halogens is 3. The molecule has 0 amide bonds. The summed E-state index contributed by atoms with van der Waals surface area (Å²) in [5.74, 6) is -0.287. The van der Waals surface area contributed by atoms with E-state index in [4.69, 9.17) is 11.6 Å². The highest BCUT2D eigenvalue weighted by Gasteiger charge is 2.18. The Morgan fingerprint density at radius 2 is 1.89 bits per heavy atom. The number of hydrogen-bond donors (Lipinski definition) is 0. The van der Waals surface area contributed by atoms with Crippen LogP contribution in [0.4, 0.5) is 4.39 Å². The minimum absolute atomic E-state index is 0.287. The summed E-state index contributed by atoms with van der Waals surface area (Å²) in [5.41, 5.74) is 1.47. The van der Waals surface area contributed by atoms with Crippen molar-refractivity contribution in [3.05, 3.63) is 69.3 Å². The topological polar surface area (TPSA) is 0 Å². The van der Waals surface area contributed by atoms with E-state index in [1.165, 1.54) is 10.8 Å². The summed E-state index contributed by atoms with van der Waals surface area (Å²) in [4.78, 5) is 0. The van der Waals surface area contributed by atoms with Gasteiger partial charge in [0.2, 0.25) is 0 Å². The van der Waals surface area contributed by atoms with E-state index in [-0.39, 0.29) is 5.82 Å². The monoisotopic (exact) mass is 354 g/mol. The summed E-state index contributed by atoms with van der Waals surface area (Å²) in [6, 6.07) is 13.0. The quantitative estimate of drug-likeness (QED) is 0.485. The van der Waals surface area contributed by atoms with Gasteiger partial charge in [0.1, 0.15) is 5.82 Å². The molecule has 0 aliphatic rings. The Kier molecular flexibility index (Phi) is 3.61. The fourth-order valence-electron chi connectivity index (χ4n) is 2.07. The first-order valence-electron chi connectivity index (χ1n) is 5.72. The van der Waals surface area contributed by atoms with E-state index < -0.39 is 5.38 Å². The molecule has 19 heavy (non-hydrogen) atoms. The molecule has 2 aromatic carbocycles. The Hall–Kier alpha value is -0.900. The average molecular weight is 356 g/mol. The van der Waals surface area contributed by atoms with Crippen molar-refractivity contribution >= 4 is 49.0 Å². The molecule has 1 aromatic heterocycles. The van der Waals surface area contributed by atoms with Crippen LogP contribution in [0.25, 0.3) is 10.1 Å². The molecule has 1 heterocycles. The number of thiophene rings is 1. The maximum atomic E-state index is 14.0. The van der Waals surface area contributed by atoms with Crippen LogP contribution in [0.1, 0.15) is 16.5 Å². The van der Waals surface area contributed by atoms with Gasteiger partial charge in [0.05, 0.1) is 5.38 Å². The Bertz CT molecular complexity index is 738. The van der Waals surface area contributed by atoms with Crippen LogP contribution in [0.2, 0.25) is 0 Å². The fourth-order valence-corrected chi connectivity index (χ4v) is 3.82. The second-order valence-corrected chi connectivity index (χ2v) is 6.48. The van der Waals surface area contributed by atoms with Crippen LogP contribution in [-0.4, -0.2) is 0 Å². The molecule has 0 N–H and O–H groups in total. The maximum Gasteiger partial charge on any atom is 0.129 e. The van der Waals surface area contributed by atoms with Crippen molar-refractivity contribution in [2.45, 2.75) is 5.38 Å². The van der Waals surface area contributed by atoms with Crippen molar-refractivity contribution in [1.29, 1.82) is 0 Å². The van der Waals surface area contributed by atoms with E-state index in [0.29, 0.717) is 10.0 Å². The van der Waals surface area contributed by atoms with Gasteiger partial charge >= 0.3 is 0 Å². The number of fused-ring (bicyclic) bond motifs is 1. The molecule has 0 aliphatic heterocycles. The van der Waals surface area contributed by atoms with Crippen molar-refractivity contribution in [3.8, 4) is 0 Å². The summed E-state index contributed by atoms with van der Waals surface area (Å²) < 4.78 is 15.9. The molecular weight excluding hydrogens is 347 g/mol. The van der Waals surface area contributed by atoms with Crippen LogP contribution in [0.3, 0.4) is 0 Å². The van der Waals surface area contributed by atoms with Crippen molar-refractivity contribution in [1.82, 2.24) is 0 Å². The predicted molar refractivity (Wildman–Crippen MR) is 83.6 cm³/mol. The van der Waals surface area contributed by atoms with Gasteiger partial charge in [-0.3, -0.25) is 0 Å². The summed E-state index contributed by atoms with van der Waals surface area (Å²) in [6.45, 7) is 0. The minimum atomic E-state index is -0.468. The van der Waals surface area contributed by atoms with Crippen LogP contribution >= 0.6 is 38.9 Å². The number of benzene rings is 2. The van der Waals surface area contributed by atoms with Crippen LogP contribution in [0, 0.1) is 5.82 Å². The van der Waals surface area contributed by atoms with Gasteiger partial charge in [0.25, 0.3) is 0 Å². The van der Waals surface area contributed by atoms with Crippen molar-refractivity contribution in [3.63, 3.8) is 0 Å². The first kappa shape index (κ1) is 13.1. The molecule has 0 spiro atoms. The fraction of sp³-hybridized carbons (Fsp3) is 0.0667. The Labute approximate surface area is 128 Å². The van der Waals surface area contributed by atoms with Crippen LogP contribution < -0.4 is 0 Å². The van der Waals surface area contributed by atoms with E-state index in [1.807, 2.05) is 35.7 Å². The van der Waals surface area contributed by atoms with Gasteiger partial charge in [-0.05, 0) is 34.5 Å². The van der Waals surface area contributed by atoms with E-state index >= 15 is 0 Å². The minimum Gasteiger partial charge on any atom is -0.207 e. The van der Waals surface area contributed by atoms with Gasteiger partial charge in [-0.15, -0.1) is 22.9 Å². The SMILES string of the molecule is Fc1cc(Br)ccc1C(Cl)c1csc2ccccc12. The highest BCUT2D eigenvalue weighted by Crippen LogP contribution is 2.38. The maximum absolute atomic E-state index is 14.0. The van der Waals surface area contributed by atoms with Gasteiger partial charge in [-0.2, -0.15) is 0 Å². The van der Waals surface area contributed by atoms with E-state index in [2.05, 4.69) is 15.9 Å². The molecule has 96 valence electrons. The van der Waals surface area contributed by atoms with Crippen molar-refractivity contribution in [2.75, 3.05) is 0 Å². The van der Waals surface area contributed by atoms with Gasteiger partial charge < -0.3 is 0 Å². The van der Waals surface area contributed by atoms with Crippen LogP contribution in [0.15, 0.2) is 52.3 Å². The highest BCUT2D eigenvalue weighted by molar-refractivity contribution is 9.10. The summed E-state index contributed by atoms with van der Waals surface area (Å²) >= 11 is 11.3. The molecule has 0 saturated heterocycles. The standard InChI is InChI=1S/C15H9BrClFS/c16-9-5-6-11(13(18)7-9)15(17)12-8-19-14-4-2-1-3-10(12)14/h1-8,15H. The van der Waals surface area contributed by atoms with Crippen LogP contribution in [-0.2, 0) is 0 Å². The van der Waals surface area contributed by atoms with E-state index in [0.717, 1.165) is 10.9 Å². The third-order valence-corrected chi connectivity index (χ3v) is 4.96. The molecule has 0 aliphatic carbocycles. The molecule has 4 heteroatoms. The Morgan fingerprint density at radius 3 is 2.68 bits per heavy atom. The normalized spacial score (nSPS) is 12.8. The molecule has 1 unspecified atom stereocenters. The third kappa shape index (κ3) is 2.42. The van der Waals surface area contributed by atoms with Gasteiger partial charge in [0.15, 0.2) is 0 Å². The molecule has 0 nitrogen and oxygen atoms in total. The zero-order valence-corrected chi connectivity index (χ0v) is 12.9. The predicted octanol–water partition coefficient (Wildman–Crippen LogP) is 6.13. The first-order valence-corrected chi connectivity index (χ1v) is 7.83. The second kappa shape index (κ2) is 5.23. The largest absolute Gasteiger partial charge is 0.207 e. The molecule has 1 atom stereocenters. The number of alkyl halides is 1. The third-order valence-electron chi connectivity index (χ3n) is 3.02. The van der Waals surface area contributed by atoms with Gasteiger partial charge in [0, 0.05) is 14.7 Å². The molecule has 0 fully saturated rings. The highest BCUT2D eigenvalue weighted by atomic mass is 79.9. The number of hydrogen-bond acceptors (Lipinski definition) is 1. The second-order valence-electron chi connectivity index (χ2n) is 4.22. The van der Waals surface area contributed by atoms with E-state index in [1.54, 1.807) is 17.4 Å². The van der Waals surface area contributed by atoms with Gasteiger partial charge in [-0.1, -0.05) is 40.2 Å². The molecule has 3 rings (SSSR count). The first-order chi connectivity index (χ1) is 9.16. The molecule has 3 aromatic rings. The summed E-state index contributed by atoms with van der Waals surface area (Å²) in [6.07, 6.45) is 0. The lowest BCUT2D eigenvalue weighted by Gasteiger charge is -2.10. The lowest BCUT2D eigenvalue weighted by molar-refractivity contribution is 0.612. The molecule has 0 bridgehead atoms. The molecule has 0 saturated carbocycles. The smallest absolute Gasteiger partial charge is 0.129 e. The molecular formula is C15H9BrClFS. The van der Waals surface area contributed by atoms with Crippen LogP contribution in [0.5, 0.6) is 0 Å². The van der Waals surface area contributed by atoms with Gasteiger partial charge in [-0.25, -0.2) is 4.39 Å². The zero-order chi connectivity index (χ0) is 13.4. The van der Waals surface area contributed by atoms with Crippen molar-refractivity contribution in [2.24, 2.45) is 0 Å². The Balaban J connectivity index is 2.10.